The monoisotopic (exact) mass is 295 g/mol. The summed E-state index contributed by atoms with van der Waals surface area (Å²) in [5.41, 5.74) is 2.79. The molecule has 0 saturated heterocycles. The second-order valence-electron chi connectivity index (χ2n) is 4.85. The fraction of sp³-hybridized carbons (Fsp3) is 0.250. The summed E-state index contributed by atoms with van der Waals surface area (Å²) in [5, 5.41) is 3.16. The molecule has 0 spiro atoms. The van der Waals surface area contributed by atoms with Crippen LogP contribution in [0, 0.1) is 6.92 Å². The van der Waals surface area contributed by atoms with E-state index in [1.54, 1.807) is 6.07 Å². The molecule has 0 aliphatic rings. The highest BCUT2D eigenvalue weighted by Crippen LogP contribution is 2.27. The predicted octanol–water partition coefficient (Wildman–Crippen LogP) is 5.07. The first-order valence-electron chi connectivity index (χ1n) is 6.52. The number of hydrogen-bond donors (Lipinski definition) is 1. The number of anilines is 1. The van der Waals surface area contributed by atoms with E-state index in [1.807, 2.05) is 38.1 Å². The van der Waals surface area contributed by atoms with Crippen LogP contribution in [0.4, 0.5) is 18.9 Å². The highest BCUT2D eigenvalue weighted by molar-refractivity contribution is 5.49. The van der Waals surface area contributed by atoms with Crippen LogP contribution in [0.15, 0.2) is 48.5 Å². The van der Waals surface area contributed by atoms with Crippen molar-refractivity contribution in [2.45, 2.75) is 26.3 Å². The van der Waals surface area contributed by atoms with Gasteiger partial charge in [-0.15, -0.1) is 13.2 Å². The van der Waals surface area contributed by atoms with Crippen LogP contribution in [0.1, 0.15) is 24.1 Å². The Kier molecular flexibility index (Phi) is 4.40. The Balaban J connectivity index is 2.08. The Labute approximate surface area is 121 Å². The Bertz CT molecular complexity index is 593. The standard InChI is InChI=1S/C16H16F3NO/c1-11-6-8-13(9-7-11)12(2)20-14-4-3-5-15(10-14)21-16(17,18)19/h3-10,12,20H,1-2H3. The first-order valence-corrected chi connectivity index (χ1v) is 6.52. The first kappa shape index (κ1) is 15.2. The molecule has 0 radical (unpaired) electrons. The molecule has 2 rings (SSSR count). The van der Waals surface area contributed by atoms with Crippen molar-refractivity contribution in [3.63, 3.8) is 0 Å². The molecule has 0 fully saturated rings. The van der Waals surface area contributed by atoms with Crippen molar-refractivity contribution in [1.82, 2.24) is 0 Å². The fourth-order valence-corrected chi connectivity index (χ4v) is 1.97. The average molecular weight is 295 g/mol. The van der Waals surface area contributed by atoms with Gasteiger partial charge in [0, 0.05) is 17.8 Å². The van der Waals surface area contributed by atoms with Gasteiger partial charge in [0.15, 0.2) is 0 Å². The number of benzene rings is 2. The van der Waals surface area contributed by atoms with Crippen LogP contribution in [-0.4, -0.2) is 6.36 Å². The summed E-state index contributed by atoms with van der Waals surface area (Å²) in [6.45, 7) is 3.95. The fourth-order valence-electron chi connectivity index (χ4n) is 1.97. The van der Waals surface area contributed by atoms with Gasteiger partial charge in [-0.1, -0.05) is 35.9 Å². The highest BCUT2D eigenvalue weighted by atomic mass is 19.4. The molecular weight excluding hydrogens is 279 g/mol. The number of nitrogens with one attached hydrogen (secondary N) is 1. The summed E-state index contributed by atoms with van der Waals surface area (Å²) in [5.74, 6) is -0.233. The molecule has 0 heterocycles. The van der Waals surface area contributed by atoms with Gasteiger partial charge in [0.25, 0.3) is 0 Å². The normalized spacial score (nSPS) is 12.8. The van der Waals surface area contributed by atoms with E-state index in [0.29, 0.717) is 5.69 Å². The zero-order valence-corrected chi connectivity index (χ0v) is 11.7. The molecular formula is C16H16F3NO. The largest absolute Gasteiger partial charge is 0.573 e. The molecule has 0 aromatic heterocycles. The van der Waals surface area contributed by atoms with Crippen molar-refractivity contribution in [2.75, 3.05) is 5.32 Å². The minimum Gasteiger partial charge on any atom is -0.406 e. The second-order valence-corrected chi connectivity index (χ2v) is 4.85. The van der Waals surface area contributed by atoms with E-state index in [9.17, 15) is 13.2 Å². The number of aryl methyl sites for hydroxylation is 1. The van der Waals surface area contributed by atoms with Crippen LogP contribution in [-0.2, 0) is 0 Å². The van der Waals surface area contributed by atoms with E-state index in [-0.39, 0.29) is 11.8 Å². The molecule has 112 valence electrons. The van der Waals surface area contributed by atoms with Crippen LogP contribution >= 0.6 is 0 Å². The average Bonchev–Trinajstić information content (AvgIpc) is 2.37. The third-order valence-electron chi connectivity index (χ3n) is 3.03. The van der Waals surface area contributed by atoms with Crippen molar-refractivity contribution >= 4 is 5.69 Å². The molecule has 5 heteroatoms. The maximum Gasteiger partial charge on any atom is 0.573 e. The summed E-state index contributed by atoms with van der Waals surface area (Å²) in [6, 6.07) is 13.8. The molecule has 0 bridgehead atoms. The Morgan fingerprint density at radius 1 is 1.05 bits per heavy atom. The third-order valence-corrected chi connectivity index (χ3v) is 3.03. The van der Waals surface area contributed by atoms with Gasteiger partial charge in [-0.2, -0.15) is 0 Å². The smallest absolute Gasteiger partial charge is 0.406 e. The van der Waals surface area contributed by atoms with E-state index in [2.05, 4.69) is 10.1 Å². The van der Waals surface area contributed by atoms with Gasteiger partial charge >= 0.3 is 6.36 Å². The van der Waals surface area contributed by atoms with Gasteiger partial charge in [-0.25, -0.2) is 0 Å². The SMILES string of the molecule is Cc1ccc(C(C)Nc2cccc(OC(F)(F)F)c2)cc1. The van der Waals surface area contributed by atoms with E-state index in [1.165, 1.54) is 18.2 Å². The van der Waals surface area contributed by atoms with Gasteiger partial charge in [-0.3, -0.25) is 0 Å². The minimum atomic E-state index is -4.68. The molecule has 0 saturated carbocycles. The van der Waals surface area contributed by atoms with Crippen molar-refractivity contribution in [2.24, 2.45) is 0 Å². The van der Waals surface area contributed by atoms with Crippen LogP contribution in [0.2, 0.25) is 0 Å². The number of hydrogen-bond acceptors (Lipinski definition) is 2. The molecule has 1 atom stereocenters. The lowest BCUT2D eigenvalue weighted by atomic mass is 10.1. The quantitative estimate of drug-likeness (QED) is 0.850. The topological polar surface area (TPSA) is 21.3 Å². The maximum atomic E-state index is 12.2. The molecule has 2 aromatic carbocycles. The predicted molar refractivity (Wildman–Crippen MR) is 76.3 cm³/mol. The second kappa shape index (κ2) is 6.08. The molecule has 2 nitrogen and oxygen atoms in total. The summed E-state index contributed by atoms with van der Waals surface area (Å²) >= 11 is 0. The molecule has 0 aliphatic carbocycles. The van der Waals surface area contributed by atoms with Gasteiger partial charge < -0.3 is 10.1 Å². The van der Waals surface area contributed by atoms with Crippen molar-refractivity contribution in [1.29, 1.82) is 0 Å². The summed E-state index contributed by atoms with van der Waals surface area (Å²) in [4.78, 5) is 0. The molecule has 1 unspecified atom stereocenters. The number of ether oxygens (including phenoxy) is 1. The summed E-state index contributed by atoms with van der Waals surface area (Å²) in [6.07, 6.45) is -4.68. The molecule has 2 aromatic rings. The Hall–Kier alpha value is -2.17. The van der Waals surface area contributed by atoms with Crippen molar-refractivity contribution in [3.8, 4) is 5.75 Å². The zero-order valence-electron chi connectivity index (χ0n) is 11.7. The van der Waals surface area contributed by atoms with E-state index >= 15 is 0 Å². The van der Waals surface area contributed by atoms with Crippen LogP contribution < -0.4 is 10.1 Å². The van der Waals surface area contributed by atoms with Crippen molar-refractivity contribution < 1.29 is 17.9 Å². The Morgan fingerprint density at radius 3 is 2.33 bits per heavy atom. The van der Waals surface area contributed by atoms with Gasteiger partial charge in [0.1, 0.15) is 5.75 Å². The molecule has 1 N–H and O–H groups in total. The van der Waals surface area contributed by atoms with Gasteiger partial charge in [0.05, 0.1) is 0 Å². The third kappa shape index (κ3) is 4.70. The maximum absolute atomic E-state index is 12.2. The van der Waals surface area contributed by atoms with Crippen LogP contribution in [0.5, 0.6) is 5.75 Å². The number of halogens is 3. The lowest BCUT2D eigenvalue weighted by Crippen LogP contribution is -2.17. The lowest BCUT2D eigenvalue weighted by Gasteiger charge is -2.17. The number of rotatable bonds is 4. The lowest BCUT2D eigenvalue weighted by molar-refractivity contribution is -0.274. The zero-order chi connectivity index (χ0) is 15.5. The van der Waals surface area contributed by atoms with Crippen molar-refractivity contribution in [3.05, 3.63) is 59.7 Å². The minimum absolute atomic E-state index is 0.0215. The highest BCUT2D eigenvalue weighted by Gasteiger charge is 2.31. The first-order chi connectivity index (χ1) is 9.83. The molecule has 0 amide bonds. The Morgan fingerprint density at radius 2 is 1.71 bits per heavy atom. The van der Waals surface area contributed by atoms with Crippen LogP contribution in [0.25, 0.3) is 0 Å². The van der Waals surface area contributed by atoms with Gasteiger partial charge in [-0.05, 0) is 31.5 Å². The summed E-state index contributed by atoms with van der Waals surface area (Å²) in [7, 11) is 0. The molecule has 21 heavy (non-hydrogen) atoms. The molecule has 0 aliphatic heterocycles. The number of alkyl halides is 3. The van der Waals surface area contributed by atoms with E-state index in [4.69, 9.17) is 0 Å². The van der Waals surface area contributed by atoms with Gasteiger partial charge in [0.2, 0.25) is 0 Å². The summed E-state index contributed by atoms with van der Waals surface area (Å²) < 4.78 is 40.5. The van der Waals surface area contributed by atoms with E-state index < -0.39 is 6.36 Å². The van der Waals surface area contributed by atoms with Crippen LogP contribution in [0.3, 0.4) is 0 Å². The van der Waals surface area contributed by atoms with E-state index in [0.717, 1.165) is 11.1 Å².